The van der Waals surface area contributed by atoms with Gasteiger partial charge in [-0.2, -0.15) is 0 Å². The quantitative estimate of drug-likeness (QED) is 0.101. The molecule has 7 nitrogen and oxygen atoms in total. The molecule has 0 saturated carbocycles. The number of aliphatic imine (C=N–C) groups is 1. The number of nitrogens with zero attached hydrogens (tertiary/aromatic N) is 3. The standard InChI is InChI=1S/C33H39FN4O3S/c1-5-28(14-12-24(3)32(40)36-42-23-26-10-8-7-9-11-26)37-16-18-38(19-17-37)33(41)27-13-15-30(31(34)21-27)25(4)20-29(39)22-35-6-2/h5,7-15,20-22,25,39H,3,6,16-19,23H2,1-2,4H3,(H,36,40)/b14-12-,28-5+,29-20+,35-22+. The van der Waals surface area contributed by atoms with Crippen LogP contribution >= 0.6 is 11.9 Å². The summed E-state index contributed by atoms with van der Waals surface area (Å²) in [6.45, 7) is 12.1. The number of rotatable bonds is 12. The molecule has 1 saturated heterocycles. The molecule has 2 aromatic rings. The molecule has 0 spiro atoms. The molecular formula is C33H39FN4O3S. The number of amides is 2. The first-order valence-electron chi connectivity index (χ1n) is 14.0. The fourth-order valence-corrected chi connectivity index (χ4v) is 5.12. The second kappa shape index (κ2) is 16.4. The van der Waals surface area contributed by atoms with E-state index in [9.17, 15) is 19.1 Å². The van der Waals surface area contributed by atoms with Crippen molar-refractivity contribution < 1.29 is 19.1 Å². The second-order valence-electron chi connectivity index (χ2n) is 9.80. The van der Waals surface area contributed by atoms with Gasteiger partial charge in [0.05, 0.1) is 6.21 Å². The molecule has 0 aliphatic carbocycles. The van der Waals surface area contributed by atoms with Gasteiger partial charge in [0.25, 0.3) is 11.8 Å². The van der Waals surface area contributed by atoms with E-state index in [0.29, 0.717) is 49.6 Å². The molecule has 2 amide bonds. The lowest BCUT2D eigenvalue weighted by Crippen LogP contribution is -2.48. The van der Waals surface area contributed by atoms with Crippen LogP contribution < -0.4 is 4.72 Å². The molecule has 2 aromatic carbocycles. The van der Waals surface area contributed by atoms with E-state index in [4.69, 9.17) is 0 Å². The van der Waals surface area contributed by atoms with Crippen molar-refractivity contribution in [1.29, 1.82) is 0 Å². The Kier molecular flexibility index (Phi) is 12.6. The summed E-state index contributed by atoms with van der Waals surface area (Å²) in [5.74, 6) is -0.710. The third-order valence-corrected chi connectivity index (χ3v) is 7.59. The number of hydrogen-bond acceptors (Lipinski definition) is 6. The molecule has 2 N–H and O–H groups in total. The zero-order chi connectivity index (χ0) is 30.5. The lowest BCUT2D eigenvalue weighted by Gasteiger charge is -2.36. The van der Waals surface area contributed by atoms with Crippen LogP contribution in [0.1, 0.15) is 48.2 Å². The first kappa shape index (κ1) is 32.4. The molecule has 222 valence electrons. The molecule has 42 heavy (non-hydrogen) atoms. The second-order valence-corrected chi connectivity index (χ2v) is 10.6. The van der Waals surface area contributed by atoms with Crippen molar-refractivity contribution in [3.8, 4) is 0 Å². The largest absolute Gasteiger partial charge is 0.507 e. The smallest absolute Gasteiger partial charge is 0.260 e. The highest BCUT2D eigenvalue weighted by atomic mass is 32.2. The summed E-state index contributed by atoms with van der Waals surface area (Å²) < 4.78 is 17.7. The number of hydrogen-bond donors (Lipinski definition) is 2. The van der Waals surface area contributed by atoms with Crippen molar-refractivity contribution in [3.63, 3.8) is 0 Å². The number of carbonyl (C=O) groups excluding carboxylic acids is 2. The summed E-state index contributed by atoms with van der Waals surface area (Å²) in [5.41, 5.74) is 3.08. The zero-order valence-corrected chi connectivity index (χ0v) is 25.2. The third kappa shape index (κ3) is 9.48. The van der Waals surface area contributed by atoms with Crippen molar-refractivity contribution in [3.05, 3.63) is 119 Å². The Morgan fingerprint density at radius 3 is 2.45 bits per heavy atom. The highest BCUT2D eigenvalue weighted by molar-refractivity contribution is 7.97. The molecule has 0 radical (unpaired) electrons. The number of nitrogens with one attached hydrogen (secondary N) is 1. The van der Waals surface area contributed by atoms with Crippen LogP contribution in [0.25, 0.3) is 0 Å². The number of carbonyl (C=O) groups is 2. The molecule has 9 heteroatoms. The van der Waals surface area contributed by atoms with Crippen LogP contribution in [0.15, 0.2) is 101 Å². The van der Waals surface area contributed by atoms with Gasteiger partial charge in [-0.25, -0.2) is 4.39 Å². The van der Waals surface area contributed by atoms with Gasteiger partial charge in [-0.1, -0.05) is 56.0 Å². The van der Waals surface area contributed by atoms with Gasteiger partial charge in [0, 0.05) is 61.2 Å². The average molecular weight is 591 g/mol. The number of benzene rings is 2. The maximum atomic E-state index is 14.9. The van der Waals surface area contributed by atoms with Gasteiger partial charge in [0.15, 0.2) is 0 Å². The number of aliphatic hydroxyl groups excluding tert-OH is 1. The molecule has 1 fully saturated rings. The van der Waals surface area contributed by atoms with E-state index >= 15 is 0 Å². The fourth-order valence-electron chi connectivity index (χ4n) is 4.42. The number of piperazine rings is 1. The van der Waals surface area contributed by atoms with Gasteiger partial charge in [-0.05, 0) is 67.3 Å². The summed E-state index contributed by atoms with van der Waals surface area (Å²) in [6.07, 6.45) is 8.39. The Hall–Kier alpha value is -4.11. The fraction of sp³-hybridized carbons (Fsp3) is 0.303. The first-order chi connectivity index (χ1) is 20.2. The predicted octanol–water partition coefficient (Wildman–Crippen LogP) is 6.20. The minimum atomic E-state index is -0.493. The Morgan fingerprint density at radius 1 is 1.12 bits per heavy atom. The summed E-state index contributed by atoms with van der Waals surface area (Å²) in [5, 5.41) is 9.94. The van der Waals surface area contributed by atoms with Gasteiger partial charge in [0.2, 0.25) is 0 Å². The number of allylic oxidation sites excluding steroid dienone is 4. The minimum absolute atomic E-state index is 0.0254. The van der Waals surface area contributed by atoms with Crippen LogP contribution in [0.2, 0.25) is 0 Å². The molecule has 1 atom stereocenters. The van der Waals surface area contributed by atoms with Crippen LogP contribution in [0.4, 0.5) is 4.39 Å². The van der Waals surface area contributed by atoms with Crippen molar-refractivity contribution in [2.45, 2.75) is 32.4 Å². The van der Waals surface area contributed by atoms with E-state index in [2.05, 4.69) is 21.2 Å². The maximum absolute atomic E-state index is 14.9. The lowest BCUT2D eigenvalue weighted by molar-refractivity contribution is -0.115. The van der Waals surface area contributed by atoms with Crippen molar-refractivity contribution >= 4 is 30.0 Å². The highest BCUT2D eigenvalue weighted by Gasteiger charge is 2.24. The molecule has 1 heterocycles. The SMILES string of the molecule is C=C(/C=C\C(=C/C)N1CCN(C(=O)c2ccc(C(C)/C=C(O)\C=N\CC)c(F)c2)CC1)C(=O)NSCc1ccccc1. The molecule has 1 aliphatic rings. The van der Waals surface area contributed by atoms with Crippen molar-refractivity contribution in [1.82, 2.24) is 14.5 Å². The van der Waals surface area contributed by atoms with Gasteiger partial charge in [0.1, 0.15) is 11.6 Å². The Bertz CT molecular complexity index is 1360. The molecule has 3 rings (SSSR count). The maximum Gasteiger partial charge on any atom is 0.260 e. The van der Waals surface area contributed by atoms with Gasteiger partial charge in [-0.15, -0.1) is 0 Å². The number of halogens is 1. The zero-order valence-electron chi connectivity index (χ0n) is 24.4. The van der Waals surface area contributed by atoms with Crippen LogP contribution in [0.3, 0.4) is 0 Å². The third-order valence-electron chi connectivity index (χ3n) is 6.79. The number of aliphatic hydroxyl groups is 1. The van der Waals surface area contributed by atoms with E-state index < -0.39 is 5.82 Å². The molecule has 0 bridgehead atoms. The van der Waals surface area contributed by atoms with E-state index in [-0.39, 0.29) is 29.1 Å². The minimum Gasteiger partial charge on any atom is -0.507 e. The van der Waals surface area contributed by atoms with E-state index in [1.165, 1.54) is 30.3 Å². The monoisotopic (exact) mass is 590 g/mol. The first-order valence-corrected chi connectivity index (χ1v) is 15.0. The molecule has 1 aliphatic heterocycles. The van der Waals surface area contributed by atoms with Crippen LogP contribution in [0, 0.1) is 5.82 Å². The van der Waals surface area contributed by atoms with Crippen LogP contribution in [-0.4, -0.2) is 65.7 Å². The summed E-state index contributed by atoms with van der Waals surface area (Å²) in [6, 6.07) is 14.4. The Balaban J connectivity index is 1.51. The van der Waals surface area contributed by atoms with Crippen LogP contribution in [-0.2, 0) is 10.5 Å². The van der Waals surface area contributed by atoms with Crippen LogP contribution in [0.5, 0.6) is 0 Å². The Morgan fingerprint density at radius 2 is 1.81 bits per heavy atom. The Labute approximate surface area is 252 Å². The topological polar surface area (TPSA) is 85.2 Å². The predicted molar refractivity (Wildman–Crippen MR) is 170 cm³/mol. The van der Waals surface area contributed by atoms with Gasteiger partial charge >= 0.3 is 0 Å². The normalized spacial score (nSPS) is 15.3. The van der Waals surface area contributed by atoms with E-state index in [1.807, 2.05) is 56.3 Å². The lowest BCUT2D eigenvalue weighted by atomic mass is 9.98. The van der Waals surface area contributed by atoms with E-state index in [0.717, 1.165) is 11.3 Å². The summed E-state index contributed by atoms with van der Waals surface area (Å²) >= 11 is 1.32. The van der Waals surface area contributed by atoms with Crippen molar-refractivity contribution in [2.24, 2.45) is 4.99 Å². The molecule has 1 unspecified atom stereocenters. The van der Waals surface area contributed by atoms with Gasteiger partial charge in [-0.3, -0.25) is 19.3 Å². The van der Waals surface area contributed by atoms with E-state index in [1.54, 1.807) is 30.0 Å². The molecule has 0 aromatic heterocycles. The average Bonchev–Trinajstić information content (AvgIpc) is 3.00. The summed E-state index contributed by atoms with van der Waals surface area (Å²) in [4.78, 5) is 33.4. The molecular weight excluding hydrogens is 551 g/mol. The summed E-state index contributed by atoms with van der Waals surface area (Å²) in [7, 11) is 0. The van der Waals surface area contributed by atoms with Gasteiger partial charge < -0.3 is 14.9 Å². The van der Waals surface area contributed by atoms with Crippen molar-refractivity contribution in [2.75, 3.05) is 32.7 Å². The highest BCUT2D eigenvalue weighted by Crippen LogP contribution is 2.23.